The minimum atomic E-state index is -0.335. The molecule has 0 spiro atoms. The lowest BCUT2D eigenvalue weighted by Gasteiger charge is -2.27. The van der Waals surface area contributed by atoms with Gasteiger partial charge in [0.15, 0.2) is 0 Å². The molecule has 1 N–H and O–H groups in total. The van der Waals surface area contributed by atoms with E-state index in [1.165, 1.54) is 5.56 Å². The van der Waals surface area contributed by atoms with Crippen molar-refractivity contribution in [1.29, 1.82) is 0 Å². The number of ether oxygens (including phenoxy) is 2. The summed E-state index contributed by atoms with van der Waals surface area (Å²) in [6.07, 6.45) is 0.802. The first-order chi connectivity index (χ1) is 14.7. The smallest absolute Gasteiger partial charge is 0.310 e. The van der Waals surface area contributed by atoms with Crippen LogP contribution in [0.5, 0.6) is 11.5 Å². The summed E-state index contributed by atoms with van der Waals surface area (Å²) in [6.45, 7) is 6.54. The maximum Gasteiger partial charge on any atom is 0.310 e. The molecule has 3 aliphatic rings. The molecule has 1 saturated heterocycles. The minimum absolute atomic E-state index is 0.0661. The first-order valence-electron chi connectivity index (χ1n) is 10.8. The highest BCUT2D eigenvalue weighted by atomic mass is 79.9. The fraction of sp³-hybridized carbons (Fsp3) is 0.440. The highest BCUT2D eigenvalue weighted by Crippen LogP contribution is 2.60. The van der Waals surface area contributed by atoms with Gasteiger partial charge in [-0.25, -0.2) is 0 Å². The van der Waals surface area contributed by atoms with Crippen molar-refractivity contribution in [3.8, 4) is 11.5 Å². The number of carbonyl (C=O) groups is 2. The van der Waals surface area contributed by atoms with Crippen LogP contribution in [0.4, 0.5) is 5.69 Å². The highest BCUT2D eigenvalue weighted by molar-refractivity contribution is 9.09. The number of benzene rings is 2. The molecule has 2 bridgehead atoms. The predicted molar refractivity (Wildman–Crippen MR) is 121 cm³/mol. The molecule has 2 aromatic rings. The van der Waals surface area contributed by atoms with Crippen LogP contribution in [-0.4, -0.2) is 22.8 Å². The van der Waals surface area contributed by atoms with Crippen LogP contribution in [0.3, 0.4) is 0 Å². The molecule has 3 fully saturated rings. The SMILES string of the molecule is CC(C)(C)c1ccc(Oc2ccc(NC(=O)[C@@H]3[C@H]4C[C@H]5[C@H](OC(=O)[C@H]53)[C@H]4Br)cc2)cc1. The number of hydrogen-bond donors (Lipinski definition) is 1. The molecule has 0 radical (unpaired) electrons. The summed E-state index contributed by atoms with van der Waals surface area (Å²) >= 11 is 3.65. The Kier molecular flexibility index (Phi) is 4.88. The Morgan fingerprint density at radius 2 is 1.65 bits per heavy atom. The normalized spacial score (nSPS) is 30.9. The third-order valence-corrected chi connectivity index (χ3v) is 8.10. The van der Waals surface area contributed by atoms with E-state index in [1.807, 2.05) is 36.4 Å². The Balaban J connectivity index is 1.24. The molecule has 162 valence electrons. The van der Waals surface area contributed by atoms with Crippen LogP contribution in [0.1, 0.15) is 32.8 Å². The van der Waals surface area contributed by atoms with Gasteiger partial charge in [0, 0.05) is 11.6 Å². The summed E-state index contributed by atoms with van der Waals surface area (Å²) in [5.41, 5.74) is 2.04. The van der Waals surface area contributed by atoms with E-state index in [1.54, 1.807) is 0 Å². The molecule has 5 nitrogen and oxygen atoms in total. The van der Waals surface area contributed by atoms with E-state index in [9.17, 15) is 9.59 Å². The van der Waals surface area contributed by atoms with Gasteiger partial charge in [-0.15, -0.1) is 0 Å². The van der Waals surface area contributed by atoms with Crippen LogP contribution in [0.2, 0.25) is 0 Å². The maximum atomic E-state index is 13.0. The molecule has 6 atom stereocenters. The summed E-state index contributed by atoms with van der Waals surface area (Å²) in [4.78, 5) is 25.3. The number of fused-ring (bicyclic) bond motifs is 1. The van der Waals surface area contributed by atoms with Crippen LogP contribution in [0.25, 0.3) is 0 Å². The zero-order chi connectivity index (χ0) is 21.9. The van der Waals surface area contributed by atoms with Crippen molar-refractivity contribution >= 4 is 33.5 Å². The van der Waals surface area contributed by atoms with Crippen LogP contribution < -0.4 is 10.1 Å². The number of carbonyl (C=O) groups excluding carboxylic acids is 2. The molecule has 2 aromatic carbocycles. The lowest BCUT2D eigenvalue weighted by atomic mass is 9.79. The van der Waals surface area contributed by atoms with Crippen molar-refractivity contribution in [1.82, 2.24) is 0 Å². The number of alkyl halides is 1. The first kappa shape index (κ1) is 20.6. The third kappa shape index (κ3) is 3.55. The zero-order valence-corrected chi connectivity index (χ0v) is 19.4. The Bertz CT molecular complexity index is 1010. The number of esters is 1. The van der Waals surface area contributed by atoms with Crippen molar-refractivity contribution < 1.29 is 19.1 Å². The van der Waals surface area contributed by atoms with E-state index in [0.717, 1.165) is 12.2 Å². The summed E-state index contributed by atoms with van der Waals surface area (Å²) in [7, 11) is 0. The molecule has 31 heavy (non-hydrogen) atoms. The summed E-state index contributed by atoms with van der Waals surface area (Å²) < 4.78 is 11.4. The molecule has 0 unspecified atom stereocenters. The molecule has 2 saturated carbocycles. The fourth-order valence-corrected chi connectivity index (χ4v) is 6.37. The van der Waals surface area contributed by atoms with Gasteiger partial charge < -0.3 is 14.8 Å². The first-order valence-corrected chi connectivity index (χ1v) is 11.7. The number of halogens is 1. The van der Waals surface area contributed by atoms with E-state index in [-0.39, 0.29) is 51.9 Å². The second kappa shape index (κ2) is 7.37. The van der Waals surface area contributed by atoms with Crippen molar-refractivity contribution in [2.24, 2.45) is 23.7 Å². The molecule has 1 heterocycles. The van der Waals surface area contributed by atoms with Crippen molar-refractivity contribution in [3.05, 3.63) is 54.1 Å². The molecule has 2 aliphatic carbocycles. The predicted octanol–water partition coefficient (Wildman–Crippen LogP) is 5.29. The fourth-order valence-electron chi connectivity index (χ4n) is 5.32. The van der Waals surface area contributed by atoms with Gasteiger partial charge in [0.1, 0.15) is 17.6 Å². The average molecular weight is 484 g/mol. The van der Waals surface area contributed by atoms with Gasteiger partial charge in [-0.05, 0) is 59.7 Å². The van der Waals surface area contributed by atoms with Crippen LogP contribution in [0.15, 0.2) is 48.5 Å². The quantitative estimate of drug-likeness (QED) is 0.474. The second-order valence-electron chi connectivity index (χ2n) is 9.85. The number of amides is 1. The Morgan fingerprint density at radius 1 is 1.03 bits per heavy atom. The summed E-state index contributed by atoms with van der Waals surface area (Å²) in [6, 6.07) is 15.4. The molecule has 1 aliphatic heterocycles. The highest BCUT2D eigenvalue weighted by Gasteiger charge is 2.67. The minimum Gasteiger partial charge on any atom is -0.461 e. The number of anilines is 1. The Labute approximate surface area is 190 Å². The Hall–Kier alpha value is -2.34. The topological polar surface area (TPSA) is 64.6 Å². The maximum absolute atomic E-state index is 13.0. The van der Waals surface area contributed by atoms with Gasteiger partial charge in [-0.3, -0.25) is 9.59 Å². The van der Waals surface area contributed by atoms with Gasteiger partial charge in [-0.2, -0.15) is 0 Å². The van der Waals surface area contributed by atoms with Gasteiger partial charge in [0.05, 0.1) is 16.7 Å². The summed E-state index contributed by atoms with van der Waals surface area (Å²) in [5, 5.41) is 2.98. The number of rotatable bonds is 4. The zero-order valence-electron chi connectivity index (χ0n) is 17.8. The molecular weight excluding hydrogens is 458 g/mol. The van der Waals surface area contributed by atoms with E-state index in [4.69, 9.17) is 9.47 Å². The molecule has 1 amide bonds. The average Bonchev–Trinajstić information content (AvgIpc) is 3.33. The Morgan fingerprint density at radius 3 is 2.26 bits per heavy atom. The second-order valence-corrected chi connectivity index (χ2v) is 10.9. The third-order valence-electron chi connectivity index (χ3n) is 6.90. The van der Waals surface area contributed by atoms with Crippen LogP contribution in [-0.2, 0) is 19.7 Å². The lowest BCUT2D eigenvalue weighted by Crippen LogP contribution is -2.40. The molecule has 0 aromatic heterocycles. The van der Waals surface area contributed by atoms with Crippen LogP contribution >= 0.6 is 15.9 Å². The van der Waals surface area contributed by atoms with E-state index >= 15 is 0 Å². The number of nitrogens with one attached hydrogen (secondary N) is 1. The standard InChI is InChI=1S/C25H26BrNO4/c1-25(2,3)13-4-8-15(9-5-13)30-16-10-6-14(7-11-16)27-23(28)19-17-12-18-20(19)24(29)31-22(18)21(17)26/h4-11,17-22H,12H2,1-3H3,(H,27,28)/t17-,18-,19-,20-,21+,22+/m1/s1. The molecular formula is C25H26BrNO4. The van der Waals surface area contributed by atoms with E-state index in [0.29, 0.717) is 11.4 Å². The van der Waals surface area contributed by atoms with Crippen molar-refractivity contribution in [2.75, 3.05) is 5.32 Å². The molecule has 6 heteroatoms. The summed E-state index contributed by atoms with van der Waals surface area (Å²) in [5.74, 6) is 0.809. The van der Waals surface area contributed by atoms with Gasteiger partial charge in [0.2, 0.25) is 5.91 Å². The van der Waals surface area contributed by atoms with Crippen molar-refractivity contribution in [3.63, 3.8) is 0 Å². The van der Waals surface area contributed by atoms with Crippen LogP contribution in [0, 0.1) is 23.7 Å². The van der Waals surface area contributed by atoms with Gasteiger partial charge in [-0.1, -0.05) is 48.8 Å². The van der Waals surface area contributed by atoms with Gasteiger partial charge in [0.25, 0.3) is 0 Å². The largest absolute Gasteiger partial charge is 0.461 e. The monoisotopic (exact) mass is 483 g/mol. The van der Waals surface area contributed by atoms with E-state index < -0.39 is 0 Å². The van der Waals surface area contributed by atoms with Crippen molar-refractivity contribution in [2.45, 2.75) is 43.5 Å². The molecule has 5 rings (SSSR count). The lowest BCUT2D eigenvalue weighted by molar-refractivity contribution is -0.145. The van der Waals surface area contributed by atoms with Gasteiger partial charge >= 0.3 is 5.97 Å². The van der Waals surface area contributed by atoms with E-state index in [2.05, 4.69) is 54.2 Å². The number of hydrogen-bond acceptors (Lipinski definition) is 4.